The van der Waals surface area contributed by atoms with Crippen LogP contribution in [-0.4, -0.2) is 21.9 Å². The Labute approximate surface area is 176 Å². The molecule has 0 atom stereocenters. The SMILES string of the molecule is O=C(CSc1nnc(COc2cccc3ccccc23)o1)Nc1ccccc1Cl. The van der Waals surface area contributed by atoms with Crippen LogP contribution < -0.4 is 10.1 Å². The van der Waals surface area contributed by atoms with Gasteiger partial charge in [-0.3, -0.25) is 4.79 Å². The average molecular weight is 426 g/mol. The van der Waals surface area contributed by atoms with E-state index in [4.69, 9.17) is 20.8 Å². The average Bonchev–Trinajstić information content (AvgIpc) is 3.20. The Morgan fingerprint density at radius 1 is 1.03 bits per heavy atom. The number of carbonyl (C=O) groups excluding carboxylic acids is 1. The van der Waals surface area contributed by atoms with E-state index < -0.39 is 0 Å². The van der Waals surface area contributed by atoms with Crippen molar-refractivity contribution < 1.29 is 13.9 Å². The number of hydrogen-bond acceptors (Lipinski definition) is 6. The Kier molecular flexibility index (Phi) is 5.97. The highest BCUT2D eigenvalue weighted by Crippen LogP contribution is 2.26. The number of para-hydroxylation sites is 1. The molecule has 0 saturated carbocycles. The van der Waals surface area contributed by atoms with E-state index in [1.54, 1.807) is 24.3 Å². The van der Waals surface area contributed by atoms with Crippen LogP contribution in [0.1, 0.15) is 5.89 Å². The normalized spacial score (nSPS) is 10.8. The fourth-order valence-corrected chi connectivity index (χ4v) is 3.46. The van der Waals surface area contributed by atoms with Crippen LogP contribution in [0.4, 0.5) is 5.69 Å². The molecule has 4 rings (SSSR count). The summed E-state index contributed by atoms with van der Waals surface area (Å²) in [4.78, 5) is 12.1. The first kappa shape index (κ1) is 19.3. The lowest BCUT2D eigenvalue weighted by Crippen LogP contribution is -2.14. The highest BCUT2D eigenvalue weighted by atomic mass is 35.5. The van der Waals surface area contributed by atoms with Crippen LogP contribution in [0.15, 0.2) is 76.4 Å². The van der Waals surface area contributed by atoms with Crippen molar-refractivity contribution in [2.24, 2.45) is 0 Å². The fraction of sp³-hybridized carbons (Fsp3) is 0.0952. The molecule has 1 aromatic heterocycles. The van der Waals surface area contributed by atoms with Gasteiger partial charge in [-0.1, -0.05) is 71.9 Å². The number of thioether (sulfide) groups is 1. The minimum absolute atomic E-state index is 0.122. The van der Waals surface area contributed by atoms with Crippen molar-refractivity contribution >= 4 is 45.7 Å². The second-order valence-corrected chi connectivity index (χ2v) is 7.38. The van der Waals surface area contributed by atoms with Gasteiger partial charge in [-0.15, -0.1) is 10.2 Å². The molecule has 0 spiro atoms. The molecule has 0 fully saturated rings. The number of amides is 1. The van der Waals surface area contributed by atoms with Gasteiger partial charge in [0, 0.05) is 5.39 Å². The summed E-state index contributed by atoms with van der Waals surface area (Å²) >= 11 is 7.18. The lowest BCUT2D eigenvalue weighted by atomic mass is 10.1. The molecule has 0 radical (unpaired) electrons. The van der Waals surface area contributed by atoms with Gasteiger partial charge in [0.25, 0.3) is 11.1 Å². The van der Waals surface area contributed by atoms with Crippen LogP contribution in [-0.2, 0) is 11.4 Å². The number of anilines is 1. The highest BCUT2D eigenvalue weighted by molar-refractivity contribution is 7.99. The quantitative estimate of drug-likeness (QED) is 0.411. The third-order valence-corrected chi connectivity index (χ3v) is 5.17. The van der Waals surface area contributed by atoms with Gasteiger partial charge in [-0.2, -0.15) is 0 Å². The molecular weight excluding hydrogens is 410 g/mol. The number of fused-ring (bicyclic) bond motifs is 1. The summed E-state index contributed by atoms with van der Waals surface area (Å²) in [5, 5.41) is 13.6. The second kappa shape index (κ2) is 8.98. The van der Waals surface area contributed by atoms with Gasteiger partial charge in [0.2, 0.25) is 5.91 Å². The first-order valence-electron chi connectivity index (χ1n) is 8.79. The van der Waals surface area contributed by atoms with Crippen LogP contribution in [0, 0.1) is 0 Å². The summed E-state index contributed by atoms with van der Waals surface area (Å²) < 4.78 is 11.4. The standard InChI is InChI=1S/C21H16ClN3O3S/c22-16-9-3-4-10-17(16)23-19(26)13-29-21-25-24-20(28-21)12-27-18-11-5-7-14-6-1-2-8-15(14)18/h1-11H,12-13H2,(H,23,26). The molecule has 0 aliphatic heterocycles. The summed E-state index contributed by atoms with van der Waals surface area (Å²) in [7, 11) is 0. The van der Waals surface area contributed by atoms with Crippen LogP contribution >= 0.6 is 23.4 Å². The molecule has 0 aliphatic carbocycles. The van der Waals surface area contributed by atoms with Gasteiger partial charge in [-0.05, 0) is 23.6 Å². The molecule has 0 aliphatic rings. The maximum Gasteiger partial charge on any atom is 0.277 e. The van der Waals surface area contributed by atoms with E-state index in [2.05, 4.69) is 15.5 Å². The molecule has 6 nitrogen and oxygen atoms in total. The van der Waals surface area contributed by atoms with E-state index >= 15 is 0 Å². The van der Waals surface area contributed by atoms with Gasteiger partial charge in [0.15, 0.2) is 6.61 Å². The minimum Gasteiger partial charge on any atom is -0.483 e. The van der Waals surface area contributed by atoms with Crippen LogP contribution in [0.2, 0.25) is 5.02 Å². The predicted octanol–water partition coefficient (Wildman–Crippen LogP) is 5.19. The zero-order chi connectivity index (χ0) is 20.1. The fourth-order valence-electron chi connectivity index (χ4n) is 2.69. The molecule has 0 saturated heterocycles. The number of benzene rings is 3. The molecule has 8 heteroatoms. The van der Waals surface area contributed by atoms with E-state index in [0.29, 0.717) is 21.8 Å². The van der Waals surface area contributed by atoms with E-state index in [0.717, 1.165) is 28.3 Å². The molecule has 0 bridgehead atoms. The number of carbonyl (C=O) groups is 1. The second-order valence-electron chi connectivity index (χ2n) is 6.04. The van der Waals surface area contributed by atoms with Crippen molar-refractivity contribution in [3.8, 4) is 5.75 Å². The smallest absolute Gasteiger partial charge is 0.277 e. The summed E-state index contributed by atoms with van der Waals surface area (Å²) in [6, 6.07) is 20.9. The highest BCUT2D eigenvalue weighted by Gasteiger charge is 2.12. The number of hydrogen-bond donors (Lipinski definition) is 1. The van der Waals surface area contributed by atoms with E-state index in [-0.39, 0.29) is 18.3 Å². The Hall–Kier alpha value is -3.03. The van der Waals surface area contributed by atoms with Gasteiger partial charge in [-0.25, -0.2) is 0 Å². The molecule has 0 unspecified atom stereocenters. The molecular formula is C21H16ClN3O3S. The lowest BCUT2D eigenvalue weighted by molar-refractivity contribution is -0.113. The zero-order valence-corrected chi connectivity index (χ0v) is 16.7. The van der Waals surface area contributed by atoms with E-state index in [1.165, 1.54) is 0 Å². The lowest BCUT2D eigenvalue weighted by Gasteiger charge is -2.07. The monoisotopic (exact) mass is 425 g/mol. The topological polar surface area (TPSA) is 77.2 Å². The third-order valence-electron chi connectivity index (χ3n) is 4.02. The summed E-state index contributed by atoms with van der Waals surface area (Å²) in [6.45, 7) is 0.146. The zero-order valence-electron chi connectivity index (χ0n) is 15.2. The van der Waals surface area contributed by atoms with Crippen LogP contribution in [0.5, 0.6) is 5.75 Å². The van der Waals surface area contributed by atoms with Gasteiger partial charge < -0.3 is 14.5 Å². The number of nitrogens with zero attached hydrogens (tertiary/aromatic N) is 2. The van der Waals surface area contributed by atoms with E-state index in [1.807, 2.05) is 42.5 Å². The van der Waals surface area contributed by atoms with Crippen molar-refractivity contribution in [1.29, 1.82) is 0 Å². The van der Waals surface area contributed by atoms with Crippen molar-refractivity contribution in [3.63, 3.8) is 0 Å². The number of nitrogens with one attached hydrogen (secondary N) is 1. The maximum absolute atomic E-state index is 12.1. The maximum atomic E-state index is 12.1. The largest absolute Gasteiger partial charge is 0.483 e. The summed E-state index contributed by atoms with van der Waals surface area (Å²) in [5.74, 6) is 0.994. The van der Waals surface area contributed by atoms with Gasteiger partial charge in [0.1, 0.15) is 5.75 Å². The van der Waals surface area contributed by atoms with Crippen LogP contribution in [0.3, 0.4) is 0 Å². The Bertz CT molecular complexity index is 1140. The molecule has 3 aromatic carbocycles. The first-order valence-corrected chi connectivity index (χ1v) is 10.2. The van der Waals surface area contributed by atoms with E-state index in [9.17, 15) is 4.79 Å². The molecule has 29 heavy (non-hydrogen) atoms. The van der Waals surface area contributed by atoms with Gasteiger partial charge in [0.05, 0.1) is 16.5 Å². The summed E-state index contributed by atoms with van der Waals surface area (Å²) in [6.07, 6.45) is 0. The number of rotatable bonds is 7. The summed E-state index contributed by atoms with van der Waals surface area (Å²) in [5.41, 5.74) is 0.564. The molecule has 1 N–H and O–H groups in total. The Balaban J connectivity index is 1.31. The Morgan fingerprint density at radius 2 is 1.83 bits per heavy atom. The Morgan fingerprint density at radius 3 is 2.72 bits per heavy atom. The van der Waals surface area contributed by atoms with Crippen LogP contribution in [0.25, 0.3) is 10.8 Å². The molecule has 4 aromatic rings. The minimum atomic E-state index is -0.213. The third kappa shape index (κ3) is 4.88. The predicted molar refractivity (Wildman–Crippen MR) is 113 cm³/mol. The molecule has 1 heterocycles. The molecule has 146 valence electrons. The number of halogens is 1. The van der Waals surface area contributed by atoms with Crippen molar-refractivity contribution in [2.75, 3.05) is 11.1 Å². The van der Waals surface area contributed by atoms with Crippen molar-refractivity contribution in [1.82, 2.24) is 10.2 Å². The van der Waals surface area contributed by atoms with Gasteiger partial charge >= 0.3 is 0 Å². The molecule has 1 amide bonds. The number of aromatic nitrogens is 2. The first-order chi connectivity index (χ1) is 14.2. The van der Waals surface area contributed by atoms with Crippen molar-refractivity contribution in [3.05, 3.63) is 77.6 Å². The van der Waals surface area contributed by atoms with Crippen molar-refractivity contribution in [2.45, 2.75) is 11.8 Å². The number of ether oxygens (including phenoxy) is 1.